The minimum atomic E-state index is -4.09. The fraction of sp³-hybridized carbons (Fsp3) is 0.143. The first kappa shape index (κ1) is 20.6. The van der Waals surface area contributed by atoms with E-state index in [-0.39, 0.29) is 23.1 Å². The van der Waals surface area contributed by atoms with Crippen LogP contribution in [0.25, 0.3) is 10.8 Å². The Bertz CT molecular complexity index is 1080. The van der Waals surface area contributed by atoms with Crippen LogP contribution >= 0.6 is 0 Å². The number of halogens is 6. The van der Waals surface area contributed by atoms with Crippen molar-refractivity contribution in [3.8, 4) is 11.5 Å². The number of ether oxygens (including phenoxy) is 2. The van der Waals surface area contributed by atoms with Crippen molar-refractivity contribution in [2.75, 3.05) is 6.61 Å². The summed E-state index contributed by atoms with van der Waals surface area (Å²) in [6, 6.07) is 6.24. The van der Waals surface area contributed by atoms with E-state index in [0.29, 0.717) is 6.07 Å². The highest BCUT2D eigenvalue weighted by atomic mass is 19.3. The monoisotopic (exact) mass is 412 g/mol. The van der Waals surface area contributed by atoms with Crippen LogP contribution in [0.15, 0.2) is 54.6 Å². The molecule has 0 saturated heterocycles. The lowest BCUT2D eigenvalue weighted by atomic mass is 10.1. The molecule has 0 aromatic heterocycles. The number of rotatable bonds is 6. The largest absolute Gasteiger partial charge is 0.489 e. The molecule has 0 fully saturated rings. The summed E-state index contributed by atoms with van der Waals surface area (Å²) < 4.78 is 93.2. The van der Waals surface area contributed by atoms with Crippen LogP contribution in [0.4, 0.5) is 26.3 Å². The second-order valence-corrected chi connectivity index (χ2v) is 6.01. The van der Waals surface area contributed by atoms with Crippen molar-refractivity contribution in [1.29, 1.82) is 0 Å². The van der Waals surface area contributed by atoms with Crippen LogP contribution in [-0.4, -0.2) is 6.61 Å². The van der Waals surface area contributed by atoms with Gasteiger partial charge in [0, 0.05) is 11.5 Å². The Morgan fingerprint density at radius 2 is 1.59 bits per heavy atom. The predicted octanol–water partition coefficient (Wildman–Crippen LogP) is 6.48. The van der Waals surface area contributed by atoms with Gasteiger partial charge in [-0.05, 0) is 48.7 Å². The molecular weight excluding hydrogens is 398 g/mol. The molecule has 0 amide bonds. The Morgan fingerprint density at radius 1 is 0.862 bits per heavy atom. The zero-order chi connectivity index (χ0) is 21.2. The van der Waals surface area contributed by atoms with E-state index in [1.54, 1.807) is 19.1 Å². The van der Waals surface area contributed by atoms with Crippen molar-refractivity contribution in [3.05, 3.63) is 83.4 Å². The zero-order valence-electron chi connectivity index (χ0n) is 15.0. The quantitative estimate of drug-likeness (QED) is 0.262. The van der Waals surface area contributed by atoms with Crippen LogP contribution in [0, 0.1) is 23.3 Å². The fourth-order valence-corrected chi connectivity index (χ4v) is 2.61. The Morgan fingerprint density at radius 3 is 2.28 bits per heavy atom. The maximum Gasteiger partial charge on any atom is 0.429 e. The smallest absolute Gasteiger partial charge is 0.429 e. The van der Waals surface area contributed by atoms with E-state index in [2.05, 4.69) is 4.74 Å². The molecule has 3 aromatic rings. The van der Waals surface area contributed by atoms with Gasteiger partial charge in [0.2, 0.25) is 0 Å². The summed E-state index contributed by atoms with van der Waals surface area (Å²) in [5, 5.41) is -0.503. The van der Waals surface area contributed by atoms with Crippen molar-refractivity contribution in [1.82, 2.24) is 0 Å². The van der Waals surface area contributed by atoms with E-state index in [0.717, 1.165) is 36.4 Å². The second kappa shape index (κ2) is 8.06. The lowest BCUT2D eigenvalue weighted by molar-refractivity contribution is -0.187. The molecule has 8 heteroatoms. The SMILES string of the molecule is CC=CCOc1ccc(C(F)(F)Oc2ccc3c(F)c(F)c(F)cc3c2)c(F)c1. The van der Waals surface area contributed by atoms with Crippen LogP contribution in [0.3, 0.4) is 0 Å². The van der Waals surface area contributed by atoms with Crippen LogP contribution in [0.5, 0.6) is 11.5 Å². The second-order valence-electron chi connectivity index (χ2n) is 6.01. The molecule has 3 aromatic carbocycles. The maximum atomic E-state index is 14.4. The van der Waals surface area contributed by atoms with Crippen molar-refractivity contribution >= 4 is 10.8 Å². The predicted molar refractivity (Wildman–Crippen MR) is 95.1 cm³/mol. The summed E-state index contributed by atoms with van der Waals surface area (Å²) in [5.41, 5.74) is -1.05. The average Bonchev–Trinajstić information content (AvgIpc) is 2.66. The summed E-state index contributed by atoms with van der Waals surface area (Å²) in [5.74, 6) is -6.28. The lowest BCUT2D eigenvalue weighted by Gasteiger charge is -2.19. The number of alkyl halides is 2. The third-order valence-corrected chi connectivity index (χ3v) is 4.03. The van der Waals surface area contributed by atoms with Gasteiger partial charge in [-0.1, -0.05) is 12.2 Å². The Hall–Kier alpha value is -3.16. The van der Waals surface area contributed by atoms with Gasteiger partial charge in [-0.3, -0.25) is 0 Å². The number of hydrogen-bond donors (Lipinski definition) is 0. The number of benzene rings is 3. The Labute approximate surface area is 162 Å². The standard InChI is InChI=1S/C21H14F6O2/c1-2-3-8-28-13-5-7-16(17(22)11-13)21(26,27)29-14-4-6-15-12(9-14)10-18(23)20(25)19(15)24/h2-7,9-11H,8H2,1H3. The van der Waals surface area contributed by atoms with Gasteiger partial charge in [-0.25, -0.2) is 17.6 Å². The van der Waals surface area contributed by atoms with E-state index < -0.39 is 40.7 Å². The van der Waals surface area contributed by atoms with Crippen molar-refractivity contribution in [2.45, 2.75) is 13.0 Å². The first-order valence-corrected chi connectivity index (χ1v) is 8.41. The van der Waals surface area contributed by atoms with Gasteiger partial charge in [0.1, 0.15) is 29.5 Å². The normalized spacial score (nSPS) is 12.0. The van der Waals surface area contributed by atoms with Gasteiger partial charge in [0.05, 0.1) is 0 Å². The minimum absolute atomic E-state index is 0.0545. The first-order chi connectivity index (χ1) is 13.7. The molecule has 0 aliphatic carbocycles. The molecule has 0 radical (unpaired) electrons. The summed E-state index contributed by atoms with van der Waals surface area (Å²) in [6.45, 7) is 1.91. The molecule has 0 saturated carbocycles. The molecule has 0 spiro atoms. The van der Waals surface area contributed by atoms with E-state index in [4.69, 9.17) is 4.74 Å². The van der Waals surface area contributed by atoms with E-state index in [1.165, 1.54) is 0 Å². The highest BCUT2D eigenvalue weighted by molar-refractivity contribution is 5.84. The van der Waals surface area contributed by atoms with E-state index in [9.17, 15) is 26.3 Å². The zero-order valence-corrected chi connectivity index (χ0v) is 15.0. The topological polar surface area (TPSA) is 18.5 Å². The third-order valence-electron chi connectivity index (χ3n) is 4.03. The van der Waals surface area contributed by atoms with Gasteiger partial charge in [0.25, 0.3) is 0 Å². The molecule has 2 nitrogen and oxygen atoms in total. The number of hydrogen-bond acceptors (Lipinski definition) is 2. The van der Waals surface area contributed by atoms with Crippen LogP contribution in [0.1, 0.15) is 12.5 Å². The molecule has 0 aliphatic heterocycles. The highest BCUT2D eigenvalue weighted by Crippen LogP contribution is 2.36. The highest BCUT2D eigenvalue weighted by Gasteiger charge is 2.38. The molecule has 3 rings (SSSR count). The average molecular weight is 412 g/mol. The van der Waals surface area contributed by atoms with Gasteiger partial charge in [-0.2, -0.15) is 8.78 Å². The summed E-state index contributed by atoms with van der Waals surface area (Å²) >= 11 is 0. The van der Waals surface area contributed by atoms with E-state index >= 15 is 0 Å². The van der Waals surface area contributed by atoms with Crippen molar-refractivity contribution in [3.63, 3.8) is 0 Å². The molecule has 0 N–H and O–H groups in total. The molecular formula is C21H14F6O2. The van der Waals surface area contributed by atoms with Crippen molar-refractivity contribution in [2.24, 2.45) is 0 Å². The fourth-order valence-electron chi connectivity index (χ4n) is 2.61. The Kier molecular flexibility index (Phi) is 5.72. The third kappa shape index (κ3) is 4.31. The van der Waals surface area contributed by atoms with E-state index in [1.807, 2.05) is 0 Å². The molecule has 0 unspecified atom stereocenters. The summed E-state index contributed by atoms with van der Waals surface area (Å²) in [4.78, 5) is 0. The number of allylic oxidation sites excluding steroid dienone is 1. The van der Waals surface area contributed by atoms with Crippen molar-refractivity contribution < 1.29 is 35.8 Å². The minimum Gasteiger partial charge on any atom is -0.489 e. The molecule has 152 valence electrons. The summed E-state index contributed by atoms with van der Waals surface area (Å²) in [7, 11) is 0. The molecule has 0 heterocycles. The molecule has 0 atom stereocenters. The number of fused-ring (bicyclic) bond motifs is 1. The molecule has 29 heavy (non-hydrogen) atoms. The summed E-state index contributed by atoms with van der Waals surface area (Å²) in [6.07, 6.45) is -0.722. The van der Waals surface area contributed by atoms with Gasteiger partial charge >= 0.3 is 6.11 Å². The van der Waals surface area contributed by atoms with Crippen LogP contribution in [0.2, 0.25) is 0 Å². The molecule has 0 bridgehead atoms. The van der Waals surface area contributed by atoms with Crippen LogP contribution in [-0.2, 0) is 6.11 Å². The van der Waals surface area contributed by atoms with Crippen LogP contribution < -0.4 is 9.47 Å². The first-order valence-electron chi connectivity index (χ1n) is 8.41. The lowest BCUT2D eigenvalue weighted by Crippen LogP contribution is -2.23. The van der Waals surface area contributed by atoms with Gasteiger partial charge < -0.3 is 9.47 Å². The van der Waals surface area contributed by atoms with Gasteiger partial charge in [-0.15, -0.1) is 0 Å². The molecule has 0 aliphatic rings. The Balaban J connectivity index is 1.88. The van der Waals surface area contributed by atoms with Gasteiger partial charge in [0.15, 0.2) is 17.5 Å². The maximum absolute atomic E-state index is 14.4.